The van der Waals surface area contributed by atoms with Gasteiger partial charge in [-0.15, -0.1) is 11.8 Å². The monoisotopic (exact) mass is 407 g/mol. The van der Waals surface area contributed by atoms with Crippen molar-refractivity contribution >= 4 is 45.3 Å². The van der Waals surface area contributed by atoms with Gasteiger partial charge in [-0.3, -0.25) is 9.59 Å². The summed E-state index contributed by atoms with van der Waals surface area (Å²) in [5.41, 5.74) is 2.82. The molecule has 0 aromatic heterocycles. The minimum absolute atomic E-state index is 0.167. The number of ether oxygens (including phenoxy) is 1. The van der Waals surface area contributed by atoms with Crippen LogP contribution in [0, 0.1) is 13.8 Å². The van der Waals surface area contributed by atoms with Crippen LogP contribution in [-0.4, -0.2) is 24.2 Å². The maximum absolute atomic E-state index is 11.8. The van der Waals surface area contributed by atoms with Crippen molar-refractivity contribution in [2.45, 2.75) is 18.7 Å². The number of rotatable bonds is 6. The molecular formula is C18H18BrNO3S. The average Bonchev–Trinajstić information content (AvgIpc) is 2.52. The first-order valence-corrected chi connectivity index (χ1v) is 9.13. The molecule has 2 aromatic rings. The van der Waals surface area contributed by atoms with Crippen LogP contribution in [0.4, 0.5) is 5.69 Å². The SMILES string of the molecule is Cc1cccc(NC(=O)COC(=O)CSc2ccc(Br)cc2C)c1. The van der Waals surface area contributed by atoms with Gasteiger partial charge in [0, 0.05) is 15.1 Å². The highest BCUT2D eigenvalue weighted by Gasteiger charge is 2.10. The van der Waals surface area contributed by atoms with Crippen LogP contribution >= 0.6 is 27.7 Å². The van der Waals surface area contributed by atoms with Gasteiger partial charge in [0.25, 0.3) is 5.91 Å². The zero-order valence-corrected chi connectivity index (χ0v) is 15.9. The summed E-state index contributed by atoms with van der Waals surface area (Å²) in [5, 5.41) is 2.70. The Morgan fingerprint density at radius 2 is 1.96 bits per heavy atom. The van der Waals surface area contributed by atoms with Crippen molar-refractivity contribution in [3.8, 4) is 0 Å². The van der Waals surface area contributed by atoms with E-state index in [9.17, 15) is 9.59 Å². The lowest BCUT2D eigenvalue weighted by Gasteiger charge is -2.08. The number of esters is 1. The Morgan fingerprint density at radius 3 is 2.67 bits per heavy atom. The molecule has 0 saturated heterocycles. The van der Waals surface area contributed by atoms with Crippen LogP contribution in [0.1, 0.15) is 11.1 Å². The smallest absolute Gasteiger partial charge is 0.316 e. The fraction of sp³-hybridized carbons (Fsp3) is 0.222. The lowest BCUT2D eigenvalue weighted by atomic mass is 10.2. The molecule has 0 aliphatic rings. The third kappa shape index (κ3) is 6.02. The van der Waals surface area contributed by atoms with E-state index in [1.807, 2.05) is 50.2 Å². The molecule has 24 heavy (non-hydrogen) atoms. The molecule has 1 amide bonds. The van der Waals surface area contributed by atoms with E-state index in [1.165, 1.54) is 11.8 Å². The Kier molecular flexibility index (Phi) is 6.87. The van der Waals surface area contributed by atoms with E-state index in [1.54, 1.807) is 6.07 Å². The first-order chi connectivity index (χ1) is 11.4. The predicted molar refractivity (Wildman–Crippen MR) is 100 cm³/mol. The standard InChI is InChI=1S/C18H18BrNO3S/c1-12-4-3-5-15(8-12)20-17(21)10-23-18(22)11-24-16-7-6-14(19)9-13(16)2/h3-9H,10-11H2,1-2H3,(H,20,21). The second kappa shape index (κ2) is 8.89. The van der Waals surface area contributed by atoms with E-state index in [0.717, 1.165) is 20.5 Å². The first kappa shape index (κ1) is 18.5. The summed E-state index contributed by atoms with van der Waals surface area (Å²) in [5.74, 6) is -0.597. The largest absolute Gasteiger partial charge is 0.455 e. The van der Waals surface area contributed by atoms with E-state index in [4.69, 9.17) is 4.74 Å². The van der Waals surface area contributed by atoms with Crippen LogP contribution in [-0.2, 0) is 14.3 Å². The number of benzene rings is 2. The molecule has 126 valence electrons. The van der Waals surface area contributed by atoms with Gasteiger partial charge in [-0.05, 0) is 55.3 Å². The van der Waals surface area contributed by atoms with Gasteiger partial charge in [-0.2, -0.15) is 0 Å². The number of hydrogen-bond donors (Lipinski definition) is 1. The third-order valence-electron chi connectivity index (χ3n) is 3.15. The Hall–Kier alpha value is -1.79. The molecule has 0 radical (unpaired) electrons. The van der Waals surface area contributed by atoms with Crippen molar-refractivity contribution in [1.29, 1.82) is 0 Å². The summed E-state index contributed by atoms with van der Waals surface area (Å²) >= 11 is 4.80. The van der Waals surface area contributed by atoms with Gasteiger partial charge in [0.15, 0.2) is 6.61 Å². The van der Waals surface area contributed by atoms with Crippen LogP contribution < -0.4 is 5.32 Å². The number of nitrogens with one attached hydrogen (secondary N) is 1. The molecule has 0 unspecified atom stereocenters. The topological polar surface area (TPSA) is 55.4 Å². The molecule has 6 heteroatoms. The fourth-order valence-electron chi connectivity index (χ4n) is 2.02. The third-order valence-corrected chi connectivity index (χ3v) is 4.79. The molecule has 1 N–H and O–H groups in total. The molecule has 4 nitrogen and oxygen atoms in total. The number of halogens is 1. The molecule has 2 rings (SSSR count). The van der Waals surface area contributed by atoms with E-state index < -0.39 is 5.97 Å². The molecule has 0 fully saturated rings. The maximum atomic E-state index is 11.8. The van der Waals surface area contributed by atoms with E-state index in [-0.39, 0.29) is 18.3 Å². The number of anilines is 1. The summed E-state index contributed by atoms with van der Waals surface area (Å²) in [4.78, 5) is 24.6. The van der Waals surface area contributed by atoms with Gasteiger partial charge in [0.2, 0.25) is 0 Å². The average molecular weight is 408 g/mol. The van der Waals surface area contributed by atoms with E-state index in [2.05, 4.69) is 21.2 Å². The minimum atomic E-state index is -0.415. The number of hydrogen-bond acceptors (Lipinski definition) is 4. The summed E-state index contributed by atoms with van der Waals surface area (Å²) in [7, 11) is 0. The van der Waals surface area contributed by atoms with E-state index in [0.29, 0.717) is 5.69 Å². The van der Waals surface area contributed by atoms with Crippen molar-refractivity contribution in [3.05, 3.63) is 58.1 Å². The highest BCUT2D eigenvalue weighted by Crippen LogP contribution is 2.25. The molecule has 0 spiro atoms. The van der Waals surface area contributed by atoms with Crippen LogP contribution in [0.15, 0.2) is 51.8 Å². The summed E-state index contributed by atoms with van der Waals surface area (Å²) in [6.07, 6.45) is 0. The van der Waals surface area contributed by atoms with Gasteiger partial charge < -0.3 is 10.1 Å². The summed E-state index contributed by atoms with van der Waals surface area (Å²) in [6.45, 7) is 3.64. The van der Waals surface area contributed by atoms with Crippen molar-refractivity contribution in [3.63, 3.8) is 0 Å². The number of thioether (sulfide) groups is 1. The highest BCUT2D eigenvalue weighted by atomic mass is 79.9. The number of aryl methyl sites for hydroxylation is 2. The molecular weight excluding hydrogens is 390 g/mol. The Balaban J connectivity index is 1.75. The van der Waals surface area contributed by atoms with Gasteiger partial charge in [0.05, 0.1) is 5.75 Å². The van der Waals surface area contributed by atoms with Crippen molar-refractivity contribution in [2.75, 3.05) is 17.7 Å². The van der Waals surface area contributed by atoms with Crippen molar-refractivity contribution in [2.24, 2.45) is 0 Å². The maximum Gasteiger partial charge on any atom is 0.316 e. The molecule has 0 aliphatic heterocycles. The predicted octanol–water partition coefficient (Wildman–Crippen LogP) is 4.34. The number of amides is 1. The van der Waals surface area contributed by atoms with Gasteiger partial charge in [0.1, 0.15) is 0 Å². The van der Waals surface area contributed by atoms with Crippen LogP contribution in [0.5, 0.6) is 0 Å². The molecule has 0 heterocycles. The van der Waals surface area contributed by atoms with Gasteiger partial charge in [-0.1, -0.05) is 28.1 Å². The lowest BCUT2D eigenvalue weighted by molar-refractivity contribution is -0.144. The quantitative estimate of drug-likeness (QED) is 0.571. The Labute approximate surface area is 154 Å². The summed E-state index contributed by atoms with van der Waals surface area (Å²) < 4.78 is 6.01. The molecule has 0 atom stereocenters. The van der Waals surface area contributed by atoms with Crippen LogP contribution in [0.2, 0.25) is 0 Å². The minimum Gasteiger partial charge on any atom is -0.455 e. The summed E-state index contributed by atoms with van der Waals surface area (Å²) in [6, 6.07) is 13.3. The Morgan fingerprint density at radius 1 is 1.17 bits per heavy atom. The van der Waals surface area contributed by atoms with E-state index >= 15 is 0 Å². The highest BCUT2D eigenvalue weighted by molar-refractivity contribution is 9.10. The van der Waals surface area contributed by atoms with Crippen molar-refractivity contribution < 1.29 is 14.3 Å². The van der Waals surface area contributed by atoms with Crippen molar-refractivity contribution in [1.82, 2.24) is 0 Å². The first-order valence-electron chi connectivity index (χ1n) is 7.35. The van der Waals surface area contributed by atoms with Gasteiger partial charge in [-0.25, -0.2) is 0 Å². The molecule has 2 aromatic carbocycles. The molecule has 0 saturated carbocycles. The zero-order valence-electron chi connectivity index (χ0n) is 13.5. The molecule has 0 bridgehead atoms. The normalized spacial score (nSPS) is 10.3. The Bertz CT molecular complexity index is 749. The van der Waals surface area contributed by atoms with Gasteiger partial charge >= 0.3 is 5.97 Å². The lowest BCUT2D eigenvalue weighted by Crippen LogP contribution is -2.21. The fourth-order valence-corrected chi connectivity index (χ4v) is 3.30. The van der Waals surface area contributed by atoms with Crippen LogP contribution in [0.25, 0.3) is 0 Å². The number of carbonyl (C=O) groups excluding carboxylic acids is 2. The second-order valence-electron chi connectivity index (χ2n) is 5.28. The zero-order chi connectivity index (χ0) is 17.5. The molecule has 0 aliphatic carbocycles. The number of carbonyl (C=O) groups is 2. The van der Waals surface area contributed by atoms with Crippen LogP contribution in [0.3, 0.4) is 0 Å². The second-order valence-corrected chi connectivity index (χ2v) is 7.21.